The van der Waals surface area contributed by atoms with Crippen molar-refractivity contribution >= 4 is 17.6 Å². The van der Waals surface area contributed by atoms with E-state index in [4.69, 9.17) is 16.3 Å². The largest absolute Gasteiger partial charge is 0.459 e. The second kappa shape index (κ2) is 8.20. The quantitative estimate of drug-likeness (QED) is 0.407. The van der Waals surface area contributed by atoms with Gasteiger partial charge in [0.15, 0.2) is 0 Å². The van der Waals surface area contributed by atoms with Gasteiger partial charge in [-0.1, -0.05) is 6.58 Å². The monoisotopic (exact) mass is 291 g/mol. The number of carbonyl (C=O) groups is 1. The van der Waals surface area contributed by atoms with E-state index < -0.39 is 16.9 Å². The lowest BCUT2D eigenvalue weighted by Gasteiger charge is -2.22. The fraction of sp³-hybridized carbons (Fsp3) is 0.643. The summed E-state index contributed by atoms with van der Waals surface area (Å²) in [6.07, 6.45) is 2.94. The van der Waals surface area contributed by atoms with Crippen LogP contribution in [0.4, 0.5) is 4.39 Å². The van der Waals surface area contributed by atoms with Crippen LogP contribution in [0, 0.1) is 0 Å². The van der Waals surface area contributed by atoms with Gasteiger partial charge in [-0.25, -0.2) is 4.39 Å². The summed E-state index contributed by atoms with van der Waals surface area (Å²) >= 11 is 5.97. The first-order valence-corrected chi connectivity index (χ1v) is 6.64. The van der Waals surface area contributed by atoms with Gasteiger partial charge in [0.25, 0.3) is 0 Å². The Balaban J connectivity index is 4.01. The lowest BCUT2D eigenvalue weighted by atomic mass is 10.2. The molecule has 0 aromatic heterocycles. The number of rotatable bonds is 7. The molecule has 0 amide bonds. The molecule has 0 aromatic rings. The lowest BCUT2D eigenvalue weighted by Crippen LogP contribution is -2.29. The van der Waals surface area contributed by atoms with Crippen molar-refractivity contribution in [3.05, 3.63) is 24.7 Å². The molecule has 0 aliphatic heterocycles. The molecular weight excluding hydrogens is 269 g/mol. The summed E-state index contributed by atoms with van der Waals surface area (Å²) in [6, 6.07) is 0. The third kappa shape index (κ3) is 8.65. The van der Waals surface area contributed by atoms with Gasteiger partial charge in [0.2, 0.25) is 0 Å². The number of nitrogens with zero attached hydrogens (tertiary/aromatic N) is 1. The molecule has 1 atom stereocenters. The first kappa shape index (κ1) is 18.0. The number of ether oxygens (including phenoxy) is 1. The van der Waals surface area contributed by atoms with E-state index in [1.165, 1.54) is 6.08 Å². The number of likely N-dealkylation sites (N-methyl/N-ethyl adjacent to an activating group) is 1. The molecule has 0 bridgehead atoms. The van der Waals surface area contributed by atoms with E-state index in [9.17, 15) is 9.18 Å². The highest BCUT2D eigenvalue weighted by atomic mass is 35.5. The van der Waals surface area contributed by atoms with Crippen LogP contribution in [0.15, 0.2) is 24.7 Å². The molecule has 0 rings (SSSR count). The molecule has 3 nitrogen and oxygen atoms in total. The summed E-state index contributed by atoms with van der Waals surface area (Å²) in [4.78, 5) is 13.4. The molecule has 0 saturated heterocycles. The van der Waals surface area contributed by atoms with Crippen LogP contribution in [-0.2, 0) is 9.53 Å². The average molecular weight is 292 g/mol. The van der Waals surface area contributed by atoms with Crippen LogP contribution < -0.4 is 0 Å². The Kier molecular flexibility index (Phi) is 7.76. The third-order valence-corrected chi connectivity index (χ3v) is 2.76. The molecule has 1 unspecified atom stereocenters. The zero-order valence-corrected chi connectivity index (χ0v) is 12.8. The maximum atomic E-state index is 12.0. The zero-order chi connectivity index (χ0) is 15.1. The van der Waals surface area contributed by atoms with Crippen molar-refractivity contribution < 1.29 is 13.9 Å². The fourth-order valence-electron chi connectivity index (χ4n) is 1.33. The molecule has 5 heteroatoms. The van der Waals surface area contributed by atoms with Crippen molar-refractivity contribution in [2.45, 2.75) is 44.6 Å². The maximum Gasteiger partial charge on any atom is 0.324 e. The van der Waals surface area contributed by atoms with Crippen LogP contribution in [0.1, 0.15) is 33.6 Å². The van der Waals surface area contributed by atoms with Crippen molar-refractivity contribution in [1.82, 2.24) is 4.90 Å². The second-order valence-electron chi connectivity index (χ2n) is 5.35. The summed E-state index contributed by atoms with van der Waals surface area (Å²) in [6.45, 7) is 9.75. The summed E-state index contributed by atoms with van der Waals surface area (Å²) in [5.74, 6) is -0.403. The molecular formula is C14H23ClFNO2. The lowest BCUT2D eigenvalue weighted by molar-refractivity contribution is -0.154. The molecule has 0 radical (unpaired) electrons. The SMILES string of the molecule is C=C(/C=C/F)N(C)CCCC(Cl)C(=O)OC(C)(C)C. The number of carbonyl (C=O) groups excluding carboxylic acids is 1. The minimum absolute atomic E-state index is 0.403. The highest BCUT2D eigenvalue weighted by molar-refractivity contribution is 6.29. The Morgan fingerprint density at radius 2 is 2.11 bits per heavy atom. The second-order valence-corrected chi connectivity index (χ2v) is 5.88. The van der Waals surface area contributed by atoms with Crippen LogP contribution in [0.25, 0.3) is 0 Å². The predicted molar refractivity (Wildman–Crippen MR) is 76.7 cm³/mol. The Morgan fingerprint density at radius 3 is 2.58 bits per heavy atom. The maximum absolute atomic E-state index is 12.0. The van der Waals surface area contributed by atoms with Gasteiger partial charge in [-0.05, 0) is 39.7 Å². The van der Waals surface area contributed by atoms with Crippen LogP contribution in [-0.4, -0.2) is 35.4 Å². The predicted octanol–water partition coefficient (Wildman–Crippen LogP) is 3.64. The third-order valence-electron chi connectivity index (χ3n) is 2.36. The minimum atomic E-state index is -0.655. The van der Waals surface area contributed by atoms with Gasteiger partial charge in [0.05, 0.1) is 6.33 Å². The number of allylic oxidation sites excluding steroid dienone is 1. The molecule has 0 fully saturated rings. The molecule has 0 spiro atoms. The van der Waals surface area contributed by atoms with Crippen molar-refractivity contribution in [1.29, 1.82) is 0 Å². The molecule has 0 N–H and O–H groups in total. The molecule has 0 aromatic carbocycles. The molecule has 0 heterocycles. The van der Waals surface area contributed by atoms with Gasteiger partial charge in [-0.2, -0.15) is 0 Å². The Labute approximate surface area is 120 Å². The van der Waals surface area contributed by atoms with Crippen LogP contribution in [0.2, 0.25) is 0 Å². The van der Waals surface area contributed by atoms with E-state index in [2.05, 4.69) is 6.58 Å². The number of halogens is 2. The van der Waals surface area contributed by atoms with Crippen molar-refractivity contribution in [2.24, 2.45) is 0 Å². The van der Waals surface area contributed by atoms with Crippen molar-refractivity contribution in [3.63, 3.8) is 0 Å². The van der Waals surface area contributed by atoms with E-state index >= 15 is 0 Å². The highest BCUT2D eigenvalue weighted by Gasteiger charge is 2.22. The summed E-state index contributed by atoms with van der Waals surface area (Å²) in [7, 11) is 1.80. The number of esters is 1. The smallest absolute Gasteiger partial charge is 0.324 e. The van der Waals surface area contributed by atoms with Gasteiger partial charge in [0, 0.05) is 19.3 Å². The molecule has 0 aliphatic rings. The number of alkyl halides is 1. The Morgan fingerprint density at radius 1 is 1.53 bits per heavy atom. The minimum Gasteiger partial charge on any atom is -0.459 e. The molecule has 110 valence electrons. The van der Waals surface area contributed by atoms with Crippen LogP contribution in [0.5, 0.6) is 0 Å². The van der Waals surface area contributed by atoms with Crippen LogP contribution in [0.3, 0.4) is 0 Å². The topological polar surface area (TPSA) is 29.5 Å². The number of hydrogen-bond acceptors (Lipinski definition) is 3. The number of hydrogen-bond donors (Lipinski definition) is 0. The fourth-order valence-corrected chi connectivity index (χ4v) is 1.53. The van der Waals surface area contributed by atoms with Gasteiger partial charge in [-0.3, -0.25) is 4.79 Å². The first-order chi connectivity index (χ1) is 8.67. The van der Waals surface area contributed by atoms with E-state index in [1.807, 2.05) is 0 Å². The highest BCUT2D eigenvalue weighted by Crippen LogP contribution is 2.15. The first-order valence-electron chi connectivity index (χ1n) is 6.21. The summed E-state index contributed by atoms with van der Waals surface area (Å²) in [5.41, 5.74) is 0.0483. The van der Waals surface area contributed by atoms with Gasteiger partial charge >= 0.3 is 5.97 Å². The summed E-state index contributed by atoms with van der Waals surface area (Å²) in [5, 5.41) is -0.655. The molecule has 0 saturated carbocycles. The van der Waals surface area contributed by atoms with E-state index in [0.29, 0.717) is 31.4 Å². The van der Waals surface area contributed by atoms with E-state index in [1.54, 1.807) is 32.7 Å². The van der Waals surface area contributed by atoms with Gasteiger partial charge in [0.1, 0.15) is 11.0 Å². The zero-order valence-electron chi connectivity index (χ0n) is 12.1. The van der Waals surface area contributed by atoms with Gasteiger partial charge < -0.3 is 9.64 Å². The molecule has 19 heavy (non-hydrogen) atoms. The van der Waals surface area contributed by atoms with Crippen molar-refractivity contribution in [2.75, 3.05) is 13.6 Å². The molecule has 0 aliphatic carbocycles. The standard InChI is InChI=1S/C14H23ClFNO2/c1-11(8-9-16)17(5)10-6-7-12(15)13(18)19-14(2,3)4/h8-9,12H,1,6-7,10H2,2-5H3/b9-8+. The van der Waals surface area contributed by atoms with Gasteiger partial charge in [-0.15, -0.1) is 11.6 Å². The average Bonchev–Trinajstić information content (AvgIpc) is 2.26. The summed E-state index contributed by atoms with van der Waals surface area (Å²) < 4.78 is 17.1. The van der Waals surface area contributed by atoms with Crippen molar-refractivity contribution in [3.8, 4) is 0 Å². The Bertz CT molecular complexity index is 337. The van der Waals surface area contributed by atoms with E-state index in [0.717, 1.165) is 0 Å². The Hall–Kier alpha value is -1.03. The normalized spacial score (nSPS) is 13.4. The van der Waals surface area contributed by atoms with Crippen LogP contribution >= 0.6 is 11.6 Å². The van der Waals surface area contributed by atoms with E-state index in [-0.39, 0.29) is 0 Å².